The number of rotatable bonds is 4. The summed E-state index contributed by atoms with van der Waals surface area (Å²) < 4.78 is 14.6. The molecule has 100 valence electrons. The second kappa shape index (κ2) is 4.85. The van der Waals surface area contributed by atoms with Crippen LogP contribution in [0.2, 0.25) is 0 Å². The van der Waals surface area contributed by atoms with E-state index in [4.69, 9.17) is 0 Å². The highest BCUT2D eigenvalue weighted by molar-refractivity contribution is 7.99. The number of benzene rings is 1. The van der Waals surface area contributed by atoms with E-state index in [1.807, 2.05) is 6.92 Å². The predicted molar refractivity (Wildman–Crippen MR) is 71.8 cm³/mol. The Balaban J connectivity index is 1.81. The van der Waals surface area contributed by atoms with Crippen LogP contribution in [0.3, 0.4) is 0 Å². The van der Waals surface area contributed by atoms with Crippen molar-refractivity contribution in [1.29, 1.82) is 0 Å². The van der Waals surface area contributed by atoms with Crippen molar-refractivity contribution in [3.8, 4) is 0 Å². The molecular weight excluding hydrogens is 265 g/mol. The molecule has 19 heavy (non-hydrogen) atoms. The van der Waals surface area contributed by atoms with E-state index in [0.29, 0.717) is 11.2 Å². The van der Waals surface area contributed by atoms with Gasteiger partial charge in [-0.15, -0.1) is 5.10 Å². The fourth-order valence-corrected chi connectivity index (χ4v) is 3.04. The van der Waals surface area contributed by atoms with E-state index in [0.717, 1.165) is 18.4 Å². The second-order valence-corrected chi connectivity index (χ2v) is 6.03. The number of nitrogens with zero attached hydrogens (tertiary/aromatic N) is 2. The summed E-state index contributed by atoms with van der Waals surface area (Å²) in [7, 11) is 0. The average molecular weight is 279 g/mol. The smallest absolute Gasteiger partial charge is 0.267 e. The molecule has 6 heteroatoms. The Morgan fingerprint density at radius 1 is 1.42 bits per heavy atom. The molecule has 1 heterocycles. The van der Waals surface area contributed by atoms with Crippen molar-refractivity contribution in [2.45, 2.75) is 36.2 Å². The number of aromatic nitrogens is 3. The van der Waals surface area contributed by atoms with Crippen LogP contribution in [0.1, 0.15) is 36.6 Å². The minimum absolute atomic E-state index is 0.119. The highest BCUT2D eigenvalue weighted by atomic mass is 32.2. The van der Waals surface area contributed by atoms with Gasteiger partial charge in [0.2, 0.25) is 0 Å². The molecule has 1 aromatic heterocycles. The van der Waals surface area contributed by atoms with Gasteiger partial charge in [0.05, 0.1) is 0 Å². The van der Waals surface area contributed by atoms with Gasteiger partial charge < -0.3 is 0 Å². The standard InChI is InChI=1S/C13H14FN3OS/c1-8(9-2-4-10(14)5-3-9)19-13-16-15-12(18)17(13)11-6-7-11/h2-5,8,11H,6-7H2,1H3,(H,15,18)/t8-/m1/s1. The summed E-state index contributed by atoms with van der Waals surface area (Å²) in [6.07, 6.45) is 2.08. The van der Waals surface area contributed by atoms with Crippen LogP contribution in [0, 0.1) is 5.82 Å². The molecule has 1 aromatic carbocycles. The zero-order valence-electron chi connectivity index (χ0n) is 10.5. The molecular formula is C13H14FN3OS. The van der Waals surface area contributed by atoms with E-state index in [9.17, 15) is 9.18 Å². The van der Waals surface area contributed by atoms with E-state index in [2.05, 4.69) is 10.2 Å². The zero-order chi connectivity index (χ0) is 13.4. The first-order valence-corrected chi connectivity index (χ1v) is 7.12. The highest BCUT2D eigenvalue weighted by Gasteiger charge is 2.29. The molecule has 1 atom stereocenters. The Morgan fingerprint density at radius 2 is 2.11 bits per heavy atom. The Bertz CT molecular complexity index is 630. The first kappa shape index (κ1) is 12.5. The average Bonchev–Trinajstić information content (AvgIpc) is 3.16. The predicted octanol–water partition coefficient (Wildman–Crippen LogP) is 2.90. The van der Waals surface area contributed by atoms with Crippen molar-refractivity contribution in [2.24, 2.45) is 0 Å². The summed E-state index contributed by atoms with van der Waals surface area (Å²) in [4.78, 5) is 11.7. The third kappa shape index (κ3) is 2.58. The zero-order valence-corrected chi connectivity index (χ0v) is 11.3. The Morgan fingerprint density at radius 3 is 2.74 bits per heavy atom. The van der Waals surface area contributed by atoms with Crippen molar-refractivity contribution in [3.63, 3.8) is 0 Å². The number of halogens is 1. The van der Waals surface area contributed by atoms with Crippen molar-refractivity contribution in [1.82, 2.24) is 14.8 Å². The van der Waals surface area contributed by atoms with Crippen LogP contribution in [-0.4, -0.2) is 14.8 Å². The Labute approximate surface area is 114 Å². The van der Waals surface area contributed by atoms with E-state index in [-0.39, 0.29) is 16.8 Å². The molecule has 1 aliphatic rings. The van der Waals surface area contributed by atoms with Crippen LogP contribution in [0.4, 0.5) is 4.39 Å². The van der Waals surface area contributed by atoms with Crippen LogP contribution >= 0.6 is 11.8 Å². The third-order valence-electron chi connectivity index (χ3n) is 3.21. The molecule has 1 fully saturated rings. The summed E-state index contributed by atoms with van der Waals surface area (Å²) in [5, 5.41) is 7.41. The third-order valence-corrected chi connectivity index (χ3v) is 4.33. The molecule has 4 nitrogen and oxygen atoms in total. The molecule has 0 radical (unpaired) electrons. The highest BCUT2D eigenvalue weighted by Crippen LogP contribution is 2.39. The summed E-state index contributed by atoms with van der Waals surface area (Å²) in [6, 6.07) is 6.73. The van der Waals surface area contributed by atoms with Gasteiger partial charge in [0, 0.05) is 11.3 Å². The summed E-state index contributed by atoms with van der Waals surface area (Å²) in [6.45, 7) is 2.02. The van der Waals surface area contributed by atoms with Crippen molar-refractivity contribution >= 4 is 11.8 Å². The molecule has 1 aliphatic carbocycles. The van der Waals surface area contributed by atoms with Gasteiger partial charge in [-0.2, -0.15) is 0 Å². The lowest BCUT2D eigenvalue weighted by Crippen LogP contribution is -2.16. The van der Waals surface area contributed by atoms with Gasteiger partial charge in [0.25, 0.3) is 0 Å². The van der Waals surface area contributed by atoms with Gasteiger partial charge in [-0.3, -0.25) is 4.57 Å². The molecule has 2 aromatic rings. The molecule has 1 saturated carbocycles. The van der Waals surface area contributed by atoms with Gasteiger partial charge >= 0.3 is 5.69 Å². The number of H-pyrrole nitrogens is 1. The number of hydrogen-bond donors (Lipinski definition) is 1. The van der Waals surface area contributed by atoms with Gasteiger partial charge in [-0.05, 0) is 37.5 Å². The molecule has 0 aliphatic heterocycles. The van der Waals surface area contributed by atoms with Crippen molar-refractivity contribution in [3.05, 3.63) is 46.1 Å². The Hall–Kier alpha value is -1.56. The van der Waals surface area contributed by atoms with E-state index >= 15 is 0 Å². The van der Waals surface area contributed by atoms with Crippen LogP contribution in [0.15, 0.2) is 34.2 Å². The summed E-state index contributed by atoms with van der Waals surface area (Å²) >= 11 is 1.52. The number of thioether (sulfide) groups is 1. The normalized spacial score (nSPS) is 16.5. The molecule has 0 spiro atoms. The molecule has 0 saturated heterocycles. The summed E-state index contributed by atoms with van der Waals surface area (Å²) in [5.74, 6) is -0.240. The minimum atomic E-state index is -0.240. The number of hydrogen-bond acceptors (Lipinski definition) is 3. The van der Waals surface area contributed by atoms with E-state index in [1.165, 1.54) is 23.9 Å². The quantitative estimate of drug-likeness (QED) is 0.875. The van der Waals surface area contributed by atoms with Crippen LogP contribution in [-0.2, 0) is 0 Å². The Kier molecular flexibility index (Phi) is 3.18. The molecule has 0 amide bonds. The SMILES string of the molecule is C[C@@H](Sc1n[nH]c(=O)n1C1CC1)c1ccc(F)cc1. The number of aromatic amines is 1. The van der Waals surface area contributed by atoms with Crippen LogP contribution in [0.5, 0.6) is 0 Å². The molecule has 0 bridgehead atoms. The van der Waals surface area contributed by atoms with Crippen LogP contribution < -0.4 is 5.69 Å². The maximum Gasteiger partial charge on any atom is 0.344 e. The first-order chi connectivity index (χ1) is 9.15. The van der Waals surface area contributed by atoms with Gasteiger partial charge in [0.15, 0.2) is 5.16 Å². The fourth-order valence-electron chi connectivity index (χ4n) is 1.99. The maximum absolute atomic E-state index is 12.9. The largest absolute Gasteiger partial charge is 0.344 e. The van der Waals surface area contributed by atoms with Gasteiger partial charge in [-0.1, -0.05) is 23.9 Å². The molecule has 1 N–H and O–H groups in total. The molecule has 0 unspecified atom stereocenters. The van der Waals surface area contributed by atoms with Crippen molar-refractivity contribution < 1.29 is 4.39 Å². The second-order valence-electron chi connectivity index (χ2n) is 4.72. The first-order valence-electron chi connectivity index (χ1n) is 6.24. The van der Waals surface area contributed by atoms with Crippen LogP contribution in [0.25, 0.3) is 0 Å². The number of nitrogens with one attached hydrogen (secondary N) is 1. The monoisotopic (exact) mass is 279 g/mol. The lowest BCUT2D eigenvalue weighted by atomic mass is 10.2. The molecule has 3 rings (SSSR count). The maximum atomic E-state index is 12.9. The summed E-state index contributed by atoms with van der Waals surface area (Å²) in [5.41, 5.74) is 0.875. The minimum Gasteiger partial charge on any atom is -0.267 e. The lowest BCUT2D eigenvalue weighted by molar-refractivity contribution is 0.627. The van der Waals surface area contributed by atoms with E-state index in [1.54, 1.807) is 16.7 Å². The van der Waals surface area contributed by atoms with Gasteiger partial charge in [-0.25, -0.2) is 14.3 Å². The van der Waals surface area contributed by atoms with Gasteiger partial charge in [0.1, 0.15) is 5.82 Å². The van der Waals surface area contributed by atoms with E-state index < -0.39 is 0 Å². The topological polar surface area (TPSA) is 50.7 Å². The lowest BCUT2D eigenvalue weighted by Gasteiger charge is -2.11. The fraction of sp³-hybridized carbons (Fsp3) is 0.385. The van der Waals surface area contributed by atoms with Crippen molar-refractivity contribution in [2.75, 3.05) is 0 Å².